The van der Waals surface area contributed by atoms with Gasteiger partial charge in [0, 0.05) is 35.2 Å². The number of carbonyl (C=O) groups excluding carboxylic acids is 1. The summed E-state index contributed by atoms with van der Waals surface area (Å²) in [5.74, 6) is -0.0878. The summed E-state index contributed by atoms with van der Waals surface area (Å²) in [6.07, 6.45) is 0. The molecule has 0 bridgehead atoms. The zero-order chi connectivity index (χ0) is 21.8. The van der Waals surface area contributed by atoms with Crippen LogP contribution in [-0.4, -0.2) is 53.4 Å². The average molecular weight is 459 g/mol. The second-order valence-corrected chi connectivity index (χ2v) is 9.07. The molecule has 0 unspecified atom stereocenters. The Bertz CT molecular complexity index is 1030. The molecule has 0 spiro atoms. The molecule has 1 N–H and O–H groups in total. The molecule has 1 amide bonds. The predicted octanol–water partition coefficient (Wildman–Crippen LogP) is 4.07. The molecule has 0 aliphatic carbocycles. The van der Waals surface area contributed by atoms with E-state index in [4.69, 9.17) is 16.3 Å². The van der Waals surface area contributed by atoms with Crippen molar-refractivity contribution in [2.75, 3.05) is 32.8 Å². The van der Waals surface area contributed by atoms with Crippen LogP contribution in [0.25, 0.3) is 0 Å². The number of hydrogen-bond acceptors (Lipinski definition) is 5. The lowest BCUT2D eigenvalue weighted by Crippen LogP contribution is -2.43. The van der Waals surface area contributed by atoms with Crippen molar-refractivity contribution in [3.05, 3.63) is 74.2 Å². The Morgan fingerprint density at radius 3 is 2.71 bits per heavy atom. The summed E-state index contributed by atoms with van der Waals surface area (Å²) in [4.78, 5) is 16.8. The maximum absolute atomic E-state index is 13.1. The third kappa shape index (κ3) is 5.01. The maximum atomic E-state index is 13.1. The van der Waals surface area contributed by atoms with Crippen LogP contribution in [0.5, 0.6) is 0 Å². The number of benzene rings is 1. The van der Waals surface area contributed by atoms with Gasteiger partial charge in [-0.05, 0) is 36.9 Å². The Labute approximate surface area is 191 Å². The van der Waals surface area contributed by atoms with Gasteiger partial charge in [0.2, 0.25) is 0 Å². The van der Waals surface area contributed by atoms with E-state index in [0.29, 0.717) is 23.7 Å². The van der Waals surface area contributed by atoms with Crippen molar-refractivity contribution < 1.29 is 9.53 Å². The van der Waals surface area contributed by atoms with E-state index in [1.165, 1.54) is 4.88 Å². The van der Waals surface area contributed by atoms with Crippen LogP contribution in [0.1, 0.15) is 38.2 Å². The van der Waals surface area contributed by atoms with E-state index in [9.17, 15) is 4.79 Å². The van der Waals surface area contributed by atoms with Gasteiger partial charge in [-0.3, -0.25) is 14.4 Å². The number of halogens is 1. The number of aryl methyl sites for hydroxylation is 1. The minimum absolute atomic E-state index is 0.0878. The van der Waals surface area contributed by atoms with Crippen LogP contribution < -0.4 is 5.32 Å². The molecule has 0 radical (unpaired) electrons. The molecular formula is C23H27ClN4O2S. The molecule has 31 heavy (non-hydrogen) atoms. The van der Waals surface area contributed by atoms with Crippen molar-refractivity contribution in [2.45, 2.75) is 26.4 Å². The van der Waals surface area contributed by atoms with Crippen molar-refractivity contribution in [1.82, 2.24) is 20.0 Å². The van der Waals surface area contributed by atoms with Crippen LogP contribution in [0.2, 0.25) is 5.02 Å². The quantitative estimate of drug-likeness (QED) is 0.580. The van der Waals surface area contributed by atoms with Crippen LogP contribution in [-0.2, 0) is 11.3 Å². The van der Waals surface area contributed by atoms with E-state index in [1.54, 1.807) is 11.3 Å². The van der Waals surface area contributed by atoms with E-state index in [0.717, 1.165) is 43.3 Å². The van der Waals surface area contributed by atoms with Gasteiger partial charge in [-0.15, -0.1) is 11.3 Å². The Morgan fingerprint density at radius 2 is 2.00 bits per heavy atom. The zero-order valence-electron chi connectivity index (χ0n) is 17.8. The molecule has 1 fully saturated rings. The van der Waals surface area contributed by atoms with Gasteiger partial charge in [0.1, 0.15) is 0 Å². The Hall–Kier alpha value is -2.19. The van der Waals surface area contributed by atoms with Crippen LogP contribution in [0.3, 0.4) is 0 Å². The topological polar surface area (TPSA) is 59.4 Å². The Morgan fingerprint density at radius 1 is 1.23 bits per heavy atom. The number of nitrogens with zero attached hydrogens (tertiary/aromatic N) is 3. The van der Waals surface area contributed by atoms with Gasteiger partial charge in [0.05, 0.1) is 37.1 Å². The highest BCUT2D eigenvalue weighted by molar-refractivity contribution is 7.10. The number of amides is 1. The average Bonchev–Trinajstić information content (AvgIpc) is 3.39. The third-order valence-electron chi connectivity index (χ3n) is 5.70. The van der Waals surface area contributed by atoms with Crippen molar-refractivity contribution in [3.63, 3.8) is 0 Å². The SMILES string of the molecule is Cc1nn(Cc2ccccc2Cl)c(C)c1C(=O)NC[C@H](c1cccs1)N1CCOCC1. The van der Waals surface area contributed by atoms with E-state index in [-0.39, 0.29) is 11.9 Å². The number of hydrogen-bond donors (Lipinski definition) is 1. The molecule has 3 aromatic rings. The predicted molar refractivity (Wildman–Crippen MR) is 124 cm³/mol. The lowest BCUT2D eigenvalue weighted by molar-refractivity contribution is 0.0169. The number of ether oxygens (including phenoxy) is 1. The molecule has 2 aromatic heterocycles. The fourth-order valence-electron chi connectivity index (χ4n) is 4.02. The standard InChI is InChI=1S/C23H27ClN4O2S/c1-16-22(17(2)28(26-16)15-18-6-3-4-7-19(18)24)23(29)25-14-20(21-8-5-13-31-21)27-9-11-30-12-10-27/h3-8,13,20H,9-12,14-15H2,1-2H3,(H,25,29)/t20-/m1/s1. The van der Waals surface area contributed by atoms with E-state index in [1.807, 2.05) is 42.8 Å². The first-order chi connectivity index (χ1) is 15.0. The molecule has 0 saturated carbocycles. The van der Waals surface area contributed by atoms with Crippen molar-refractivity contribution in [2.24, 2.45) is 0 Å². The second-order valence-electron chi connectivity index (χ2n) is 7.68. The minimum Gasteiger partial charge on any atom is -0.379 e. The van der Waals surface area contributed by atoms with Gasteiger partial charge in [-0.25, -0.2) is 0 Å². The molecule has 6 nitrogen and oxygen atoms in total. The number of carbonyl (C=O) groups is 1. The fourth-order valence-corrected chi connectivity index (χ4v) is 5.08. The molecule has 1 saturated heterocycles. The summed E-state index contributed by atoms with van der Waals surface area (Å²) in [5, 5.41) is 10.5. The van der Waals surface area contributed by atoms with Crippen LogP contribution >= 0.6 is 22.9 Å². The number of morpholine rings is 1. The van der Waals surface area contributed by atoms with Crippen molar-refractivity contribution in [3.8, 4) is 0 Å². The number of aromatic nitrogens is 2. The fraction of sp³-hybridized carbons (Fsp3) is 0.391. The first kappa shape index (κ1) is 22.0. The monoisotopic (exact) mass is 458 g/mol. The summed E-state index contributed by atoms with van der Waals surface area (Å²) >= 11 is 8.03. The molecule has 1 atom stereocenters. The van der Waals surface area contributed by atoms with E-state index >= 15 is 0 Å². The number of nitrogens with one attached hydrogen (secondary N) is 1. The zero-order valence-corrected chi connectivity index (χ0v) is 19.4. The smallest absolute Gasteiger partial charge is 0.255 e. The van der Waals surface area contributed by atoms with Gasteiger partial charge in [0.15, 0.2) is 0 Å². The third-order valence-corrected chi connectivity index (χ3v) is 7.04. The normalized spacial score (nSPS) is 15.7. The van der Waals surface area contributed by atoms with Crippen LogP contribution in [0.4, 0.5) is 0 Å². The molecule has 1 aliphatic rings. The van der Waals surface area contributed by atoms with Crippen LogP contribution in [0.15, 0.2) is 41.8 Å². The minimum atomic E-state index is -0.0878. The number of rotatable bonds is 7. The molecule has 4 rings (SSSR count). The summed E-state index contributed by atoms with van der Waals surface area (Å²) in [5.41, 5.74) is 3.18. The van der Waals surface area contributed by atoms with Gasteiger partial charge >= 0.3 is 0 Å². The van der Waals surface area contributed by atoms with E-state index < -0.39 is 0 Å². The largest absolute Gasteiger partial charge is 0.379 e. The summed E-state index contributed by atoms with van der Waals surface area (Å²) in [6.45, 7) is 8.08. The first-order valence-corrected chi connectivity index (χ1v) is 11.7. The van der Waals surface area contributed by atoms with Gasteiger partial charge in [-0.2, -0.15) is 5.10 Å². The highest BCUT2D eigenvalue weighted by Gasteiger charge is 2.25. The Kier molecular flexibility index (Phi) is 7.07. The summed E-state index contributed by atoms with van der Waals surface area (Å²) in [6, 6.07) is 12.0. The van der Waals surface area contributed by atoms with Crippen LogP contribution in [0, 0.1) is 13.8 Å². The molecule has 1 aromatic carbocycles. The molecular weight excluding hydrogens is 432 g/mol. The van der Waals surface area contributed by atoms with Gasteiger partial charge in [-0.1, -0.05) is 35.9 Å². The maximum Gasteiger partial charge on any atom is 0.255 e. The summed E-state index contributed by atoms with van der Waals surface area (Å²) in [7, 11) is 0. The molecule has 1 aliphatic heterocycles. The van der Waals surface area contributed by atoms with Gasteiger partial charge < -0.3 is 10.1 Å². The lowest BCUT2D eigenvalue weighted by atomic mass is 10.1. The second kappa shape index (κ2) is 9.96. The molecule has 3 heterocycles. The molecule has 8 heteroatoms. The lowest BCUT2D eigenvalue weighted by Gasteiger charge is -2.34. The first-order valence-electron chi connectivity index (χ1n) is 10.5. The van der Waals surface area contributed by atoms with Crippen molar-refractivity contribution >= 4 is 28.8 Å². The Balaban J connectivity index is 1.49. The highest BCUT2D eigenvalue weighted by atomic mass is 35.5. The van der Waals surface area contributed by atoms with E-state index in [2.05, 4.69) is 32.8 Å². The highest BCUT2D eigenvalue weighted by Crippen LogP contribution is 2.26. The summed E-state index contributed by atoms with van der Waals surface area (Å²) < 4.78 is 7.36. The van der Waals surface area contributed by atoms with Gasteiger partial charge in [0.25, 0.3) is 5.91 Å². The molecule has 164 valence electrons. The van der Waals surface area contributed by atoms with Crippen molar-refractivity contribution in [1.29, 1.82) is 0 Å². The number of thiophene rings is 1.